The van der Waals surface area contributed by atoms with Crippen molar-refractivity contribution in [1.29, 1.82) is 0 Å². The lowest BCUT2D eigenvalue weighted by atomic mass is 10.1. The molecule has 0 atom stereocenters. The highest BCUT2D eigenvalue weighted by molar-refractivity contribution is 5.76. The Hall–Kier alpha value is -3.00. The monoisotopic (exact) mass is 409 g/mol. The van der Waals surface area contributed by atoms with Gasteiger partial charge in [0.15, 0.2) is 5.82 Å². The minimum Gasteiger partial charge on any atom is -0.378 e. The second-order valence-corrected chi connectivity index (χ2v) is 7.67. The molecule has 8 heteroatoms. The van der Waals surface area contributed by atoms with Crippen molar-refractivity contribution in [1.82, 2.24) is 24.8 Å². The number of hydrogen-bond donors (Lipinski definition) is 0. The molecule has 1 amide bonds. The maximum absolute atomic E-state index is 12.6. The lowest BCUT2D eigenvalue weighted by Crippen LogP contribution is -2.42. The van der Waals surface area contributed by atoms with Crippen molar-refractivity contribution < 1.29 is 14.1 Å². The quantitative estimate of drug-likeness (QED) is 0.596. The van der Waals surface area contributed by atoms with E-state index >= 15 is 0 Å². The van der Waals surface area contributed by atoms with Crippen LogP contribution in [-0.2, 0) is 22.5 Å². The van der Waals surface area contributed by atoms with Crippen LogP contribution >= 0.6 is 0 Å². The average Bonchev–Trinajstić information content (AvgIpc) is 3.35. The van der Waals surface area contributed by atoms with Gasteiger partial charge < -0.3 is 14.2 Å². The van der Waals surface area contributed by atoms with Gasteiger partial charge in [0.25, 0.3) is 5.89 Å². The Morgan fingerprint density at radius 1 is 1.20 bits per heavy atom. The van der Waals surface area contributed by atoms with Gasteiger partial charge in [0.05, 0.1) is 18.4 Å². The SMILES string of the molecule is Cc1cc(C)n(CC(=O)N2CCC(OCCc3noc(-c4ccccc4)n3)CC2)n1. The van der Waals surface area contributed by atoms with E-state index in [0.717, 1.165) is 29.8 Å². The number of hydrogen-bond acceptors (Lipinski definition) is 6. The predicted molar refractivity (Wildman–Crippen MR) is 111 cm³/mol. The van der Waals surface area contributed by atoms with Crippen molar-refractivity contribution in [3.63, 3.8) is 0 Å². The molecule has 3 aromatic rings. The number of carbonyl (C=O) groups is 1. The highest BCUT2D eigenvalue weighted by Crippen LogP contribution is 2.17. The number of ether oxygens (including phenoxy) is 1. The number of piperidine rings is 1. The van der Waals surface area contributed by atoms with Gasteiger partial charge in [0.2, 0.25) is 5.91 Å². The van der Waals surface area contributed by atoms with Crippen molar-refractivity contribution >= 4 is 5.91 Å². The number of nitrogens with zero attached hydrogens (tertiary/aromatic N) is 5. The molecule has 0 unspecified atom stereocenters. The van der Waals surface area contributed by atoms with E-state index in [0.29, 0.717) is 44.4 Å². The van der Waals surface area contributed by atoms with Gasteiger partial charge >= 0.3 is 0 Å². The molecule has 1 saturated heterocycles. The molecule has 1 aromatic carbocycles. The Kier molecular flexibility index (Phi) is 6.23. The summed E-state index contributed by atoms with van der Waals surface area (Å²) in [6.45, 7) is 6.17. The van der Waals surface area contributed by atoms with Gasteiger partial charge in [-0.1, -0.05) is 23.4 Å². The Balaban J connectivity index is 1.19. The summed E-state index contributed by atoms with van der Waals surface area (Å²) in [5.41, 5.74) is 2.86. The molecular formula is C22H27N5O3. The Morgan fingerprint density at radius 3 is 2.67 bits per heavy atom. The zero-order chi connectivity index (χ0) is 20.9. The summed E-state index contributed by atoms with van der Waals surface area (Å²) in [7, 11) is 0. The first-order valence-electron chi connectivity index (χ1n) is 10.4. The molecule has 0 radical (unpaired) electrons. The smallest absolute Gasteiger partial charge is 0.257 e. The van der Waals surface area contributed by atoms with Gasteiger partial charge in [-0.2, -0.15) is 10.1 Å². The molecular weight excluding hydrogens is 382 g/mol. The van der Waals surface area contributed by atoms with Gasteiger partial charge in [0, 0.05) is 30.8 Å². The molecule has 1 aliphatic heterocycles. The van der Waals surface area contributed by atoms with Gasteiger partial charge in [-0.05, 0) is 44.9 Å². The summed E-state index contributed by atoms with van der Waals surface area (Å²) in [5.74, 6) is 1.28. The van der Waals surface area contributed by atoms with Crippen LogP contribution in [-0.4, -0.2) is 56.5 Å². The molecule has 2 aromatic heterocycles. The Labute approximate surface area is 175 Å². The maximum atomic E-state index is 12.6. The fourth-order valence-electron chi connectivity index (χ4n) is 3.71. The van der Waals surface area contributed by atoms with Crippen LogP contribution in [0.5, 0.6) is 0 Å². The van der Waals surface area contributed by atoms with Crippen LogP contribution in [0.4, 0.5) is 0 Å². The van der Waals surface area contributed by atoms with Crippen LogP contribution in [0.15, 0.2) is 40.9 Å². The molecule has 1 aliphatic rings. The normalized spacial score (nSPS) is 14.9. The summed E-state index contributed by atoms with van der Waals surface area (Å²) in [6, 6.07) is 11.7. The Bertz CT molecular complexity index is 974. The summed E-state index contributed by atoms with van der Waals surface area (Å²) >= 11 is 0. The molecule has 0 N–H and O–H groups in total. The summed E-state index contributed by atoms with van der Waals surface area (Å²) in [5, 5.41) is 8.41. The second-order valence-electron chi connectivity index (χ2n) is 7.67. The van der Waals surface area contributed by atoms with E-state index in [9.17, 15) is 4.79 Å². The molecule has 0 saturated carbocycles. The molecule has 8 nitrogen and oxygen atoms in total. The number of amides is 1. The third-order valence-electron chi connectivity index (χ3n) is 5.35. The van der Waals surface area contributed by atoms with E-state index in [1.165, 1.54) is 0 Å². The standard InChI is InChI=1S/C22H27N5O3/c1-16-14-17(2)27(24-16)15-21(28)26-11-8-19(9-12-26)29-13-10-20-23-22(30-25-20)18-6-4-3-5-7-18/h3-7,14,19H,8-13,15H2,1-2H3. The van der Waals surface area contributed by atoms with Crippen molar-refractivity contribution in [3.8, 4) is 11.5 Å². The number of aromatic nitrogens is 4. The lowest BCUT2D eigenvalue weighted by Gasteiger charge is -2.32. The number of carbonyl (C=O) groups excluding carboxylic acids is 1. The van der Waals surface area contributed by atoms with E-state index in [-0.39, 0.29) is 12.0 Å². The summed E-state index contributed by atoms with van der Waals surface area (Å²) < 4.78 is 13.1. The van der Waals surface area contributed by atoms with Crippen LogP contribution in [0.2, 0.25) is 0 Å². The molecule has 0 spiro atoms. The summed E-state index contributed by atoms with van der Waals surface area (Å²) in [4.78, 5) is 18.9. The zero-order valence-electron chi connectivity index (χ0n) is 17.5. The first-order valence-corrected chi connectivity index (χ1v) is 10.4. The molecule has 158 valence electrons. The minimum atomic E-state index is 0.111. The van der Waals surface area contributed by atoms with E-state index in [1.807, 2.05) is 55.1 Å². The number of aryl methyl sites for hydroxylation is 2. The van der Waals surface area contributed by atoms with Gasteiger partial charge in [-0.15, -0.1) is 0 Å². The molecule has 4 rings (SSSR count). The average molecular weight is 409 g/mol. The first-order chi connectivity index (χ1) is 14.6. The van der Waals surface area contributed by atoms with E-state index < -0.39 is 0 Å². The third-order valence-corrected chi connectivity index (χ3v) is 5.35. The predicted octanol–water partition coefficient (Wildman–Crippen LogP) is 2.80. The maximum Gasteiger partial charge on any atom is 0.257 e. The van der Waals surface area contributed by atoms with Crippen molar-refractivity contribution in [2.24, 2.45) is 0 Å². The van der Waals surface area contributed by atoms with Crippen LogP contribution in [0.1, 0.15) is 30.1 Å². The van der Waals surface area contributed by atoms with Crippen LogP contribution in [0.25, 0.3) is 11.5 Å². The minimum absolute atomic E-state index is 0.111. The van der Waals surface area contributed by atoms with Crippen molar-refractivity contribution in [2.45, 2.75) is 45.8 Å². The highest BCUT2D eigenvalue weighted by Gasteiger charge is 2.24. The zero-order valence-corrected chi connectivity index (χ0v) is 17.5. The summed E-state index contributed by atoms with van der Waals surface area (Å²) in [6.07, 6.45) is 2.44. The van der Waals surface area contributed by atoms with Gasteiger partial charge in [0.1, 0.15) is 6.54 Å². The van der Waals surface area contributed by atoms with E-state index in [1.54, 1.807) is 4.68 Å². The fraction of sp³-hybridized carbons (Fsp3) is 0.455. The number of likely N-dealkylation sites (tertiary alicyclic amines) is 1. The molecule has 3 heterocycles. The molecule has 1 fully saturated rings. The van der Waals surface area contributed by atoms with Crippen LogP contribution < -0.4 is 0 Å². The number of benzene rings is 1. The second kappa shape index (κ2) is 9.21. The van der Waals surface area contributed by atoms with Crippen molar-refractivity contribution in [3.05, 3.63) is 53.6 Å². The lowest BCUT2D eigenvalue weighted by molar-refractivity contribution is -0.134. The van der Waals surface area contributed by atoms with E-state index in [4.69, 9.17) is 9.26 Å². The van der Waals surface area contributed by atoms with Gasteiger partial charge in [-0.25, -0.2) is 0 Å². The molecule has 30 heavy (non-hydrogen) atoms. The third kappa shape index (κ3) is 4.94. The van der Waals surface area contributed by atoms with Crippen LogP contribution in [0, 0.1) is 13.8 Å². The number of rotatable bonds is 7. The molecule has 0 aliphatic carbocycles. The fourth-order valence-corrected chi connectivity index (χ4v) is 3.71. The van der Waals surface area contributed by atoms with E-state index in [2.05, 4.69) is 15.2 Å². The van der Waals surface area contributed by atoms with Crippen LogP contribution in [0.3, 0.4) is 0 Å². The molecule has 0 bridgehead atoms. The Morgan fingerprint density at radius 2 is 1.97 bits per heavy atom. The first kappa shape index (κ1) is 20.3. The largest absolute Gasteiger partial charge is 0.378 e. The highest BCUT2D eigenvalue weighted by atomic mass is 16.5. The van der Waals surface area contributed by atoms with Gasteiger partial charge in [-0.3, -0.25) is 9.48 Å². The van der Waals surface area contributed by atoms with Crippen molar-refractivity contribution in [2.75, 3.05) is 19.7 Å². The topological polar surface area (TPSA) is 86.3 Å².